The molecule has 1 saturated heterocycles. The summed E-state index contributed by atoms with van der Waals surface area (Å²) < 4.78 is 8.16. The summed E-state index contributed by atoms with van der Waals surface area (Å²) in [5.74, 6) is 2.98. The zero-order valence-corrected chi connectivity index (χ0v) is 22.7. The smallest absolute Gasteiger partial charge is 0.246 e. The highest BCUT2D eigenvalue weighted by Gasteiger charge is 2.27. The van der Waals surface area contributed by atoms with E-state index in [0.717, 1.165) is 50.5 Å². The Bertz CT molecular complexity index is 1750. The zero-order chi connectivity index (χ0) is 27.8. The molecule has 10 nitrogen and oxygen atoms in total. The number of fused-ring (bicyclic) bond motifs is 2. The van der Waals surface area contributed by atoms with Crippen LogP contribution in [0.25, 0.3) is 21.9 Å². The van der Waals surface area contributed by atoms with Crippen molar-refractivity contribution in [1.29, 1.82) is 0 Å². The van der Waals surface area contributed by atoms with Gasteiger partial charge in [0.05, 0.1) is 29.1 Å². The van der Waals surface area contributed by atoms with Gasteiger partial charge in [0, 0.05) is 49.9 Å². The minimum Gasteiger partial charge on any atom is -0.457 e. The first kappa shape index (κ1) is 25.3. The Morgan fingerprint density at radius 2 is 1.95 bits per heavy atom. The van der Waals surface area contributed by atoms with Crippen LogP contribution in [0, 0.1) is 6.92 Å². The van der Waals surface area contributed by atoms with E-state index in [9.17, 15) is 4.79 Å². The van der Waals surface area contributed by atoms with E-state index in [-0.39, 0.29) is 11.9 Å². The fourth-order valence-corrected chi connectivity index (χ4v) is 5.12. The van der Waals surface area contributed by atoms with Crippen LogP contribution < -0.4 is 15.0 Å². The standard InChI is InChI=1S/C30H30N8O2/c1-5-29(39)38-11-10-37(16-20(38)3)28-14-23-25(15-31-28)32-17-33-30(23)35-21-6-9-27(19(2)12-21)40-22-7-8-26-24(13-22)34-18-36(26)4/h5-9,12-15,17-18,20H,1,10-11,16H2,2-4H3,(H,32,33,35). The first-order valence-corrected chi connectivity index (χ1v) is 13.1. The van der Waals surface area contributed by atoms with Gasteiger partial charge in [-0.2, -0.15) is 0 Å². The van der Waals surface area contributed by atoms with Gasteiger partial charge in [0.2, 0.25) is 5.91 Å². The lowest BCUT2D eigenvalue weighted by molar-refractivity contribution is -0.128. The lowest BCUT2D eigenvalue weighted by atomic mass is 10.1. The number of anilines is 3. The molecule has 1 fully saturated rings. The number of hydrogen-bond donors (Lipinski definition) is 1. The van der Waals surface area contributed by atoms with Crippen LogP contribution >= 0.6 is 0 Å². The highest BCUT2D eigenvalue weighted by atomic mass is 16.5. The molecule has 1 atom stereocenters. The number of piperazine rings is 1. The number of hydrogen-bond acceptors (Lipinski definition) is 8. The van der Waals surface area contributed by atoms with Crippen LogP contribution in [0.4, 0.5) is 17.3 Å². The predicted molar refractivity (Wildman–Crippen MR) is 156 cm³/mol. The molecule has 3 aromatic heterocycles. The molecule has 2 aromatic carbocycles. The monoisotopic (exact) mass is 534 g/mol. The van der Waals surface area contributed by atoms with E-state index in [4.69, 9.17) is 4.74 Å². The van der Waals surface area contributed by atoms with E-state index in [2.05, 4.69) is 36.7 Å². The molecule has 1 N–H and O–H groups in total. The van der Waals surface area contributed by atoms with Crippen molar-refractivity contribution in [2.24, 2.45) is 7.05 Å². The summed E-state index contributed by atoms with van der Waals surface area (Å²) in [5, 5.41) is 4.31. The molecule has 6 rings (SSSR count). The molecule has 40 heavy (non-hydrogen) atoms. The fraction of sp³-hybridized carbons (Fsp3) is 0.233. The molecule has 0 radical (unpaired) electrons. The molecule has 0 bridgehead atoms. The second kappa shape index (κ2) is 10.3. The number of imidazole rings is 1. The van der Waals surface area contributed by atoms with Crippen molar-refractivity contribution < 1.29 is 9.53 Å². The van der Waals surface area contributed by atoms with Crippen molar-refractivity contribution in [3.05, 3.63) is 79.5 Å². The molecule has 0 aliphatic carbocycles. The van der Waals surface area contributed by atoms with Crippen LogP contribution in [0.5, 0.6) is 11.5 Å². The number of nitrogens with one attached hydrogen (secondary N) is 1. The molecule has 4 heterocycles. The minimum atomic E-state index is -0.0421. The topological polar surface area (TPSA) is 101 Å². The SMILES string of the molecule is C=CC(=O)N1CCN(c2cc3c(Nc4ccc(Oc5ccc6c(c5)ncn6C)c(C)c4)ncnc3cn2)CC1C. The number of carbonyl (C=O) groups is 1. The Morgan fingerprint density at radius 1 is 1.07 bits per heavy atom. The van der Waals surface area contributed by atoms with Crippen molar-refractivity contribution in [2.45, 2.75) is 19.9 Å². The van der Waals surface area contributed by atoms with Crippen LogP contribution in [-0.2, 0) is 11.8 Å². The van der Waals surface area contributed by atoms with Crippen molar-refractivity contribution in [3.8, 4) is 11.5 Å². The third-order valence-corrected chi connectivity index (χ3v) is 7.28. The van der Waals surface area contributed by atoms with Gasteiger partial charge in [-0.1, -0.05) is 6.58 Å². The summed E-state index contributed by atoms with van der Waals surface area (Å²) in [6.07, 6.45) is 6.47. The summed E-state index contributed by atoms with van der Waals surface area (Å²) in [7, 11) is 1.97. The molecule has 5 aromatic rings. The molecular weight excluding hydrogens is 504 g/mol. The van der Waals surface area contributed by atoms with Crippen LogP contribution in [0.2, 0.25) is 0 Å². The van der Waals surface area contributed by atoms with Gasteiger partial charge in [0.15, 0.2) is 0 Å². The molecular formula is C30H30N8O2. The number of amides is 1. The molecule has 10 heteroatoms. The van der Waals surface area contributed by atoms with E-state index in [1.54, 1.807) is 12.5 Å². The molecule has 0 saturated carbocycles. The lowest BCUT2D eigenvalue weighted by Gasteiger charge is -2.40. The summed E-state index contributed by atoms with van der Waals surface area (Å²) >= 11 is 0. The number of aryl methyl sites for hydroxylation is 2. The number of pyridine rings is 1. The van der Waals surface area contributed by atoms with E-state index in [1.165, 1.54) is 12.4 Å². The molecule has 0 spiro atoms. The number of ether oxygens (including phenoxy) is 1. The highest BCUT2D eigenvalue weighted by Crippen LogP contribution is 2.32. The van der Waals surface area contributed by atoms with E-state index in [1.807, 2.05) is 72.8 Å². The van der Waals surface area contributed by atoms with Gasteiger partial charge in [-0.25, -0.2) is 19.9 Å². The Morgan fingerprint density at radius 3 is 2.75 bits per heavy atom. The maximum absolute atomic E-state index is 12.1. The Balaban J connectivity index is 1.21. The number of rotatable bonds is 6. The quantitative estimate of drug-likeness (QED) is 0.305. The lowest BCUT2D eigenvalue weighted by Crippen LogP contribution is -2.53. The van der Waals surface area contributed by atoms with Crippen LogP contribution in [0.1, 0.15) is 12.5 Å². The molecule has 1 aliphatic heterocycles. The van der Waals surface area contributed by atoms with Gasteiger partial charge in [-0.05, 0) is 61.9 Å². The van der Waals surface area contributed by atoms with E-state index in [0.29, 0.717) is 25.5 Å². The van der Waals surface area contributed by atoms with Crippen molar-refractivity contribution in [3.63, 3.8) is 0 Å². The number of aromatic nitrogens is 5. The molecule has 202 valence electrons. The minimum absolute atomic E-state index is 0.0421. The third kappa shape index (κ3) is 4.79. The zero-order valence-electron chi connectivity index (χ0n) is 22.7. The van der Waals surface area contributed by atoms with Crippen LogP contribution in [-0.4, -0.2) is 61.0 Å². The Hall–Kier alpha value is -4.99. The van der Waals surface area contributed by atoms with Gasteiger partial charge >= 0.3 is 0 Å². The van der Waals surface area contributed by atoms with Gasteiger partial charge in [0.1, 0.15) is 29.5 Å². The van der Waals surface area contributed by atoms with Crippen molar-refractivity contribution in [1.82, 2.24) is 29.4 Å². The average molecular weight is 535 g/mol. The van der Waals surface area contributed by atoms with Crippen LogP contribution in [0.3, 0.4) is 0 Å². The van der Waals surface area contributed by atoms with Crippen molar-refractivity contribution >= 4 is 45.2 Å². The average Bonchev–Trinajstić information content (AvgIpc) is 3.33. The summed E-state index contributed by atoms with van der Waals surface area (Å²) in [5.41, 5.74) is 4.55. The number of carbonyl (C=O) groups excluding carboxylic acids is 1. The second-order valence-corrected chi connectivity index (χ2v) is 10.0. The van der Waals surface area contributed by atoms with Gasteiger partial charge in [-0.15, -0.1) is 0 Å². The number of nitrogens with zero attached hydrogens (tertiary/aromatic N) is 7. The molecule has 1 aliphatic rings. The summed E-state index contributed by atoms with van der Waals surface area (Å²) in [6.45, 7) is 9.65. The molecule has 1 unspecified atom stereocenters. The first-order valence-electron chi connectivity index (χ1n) is 13.1. The predicted octanol–water partition coefficient (Wildman–Crippen LogP) is 4.98. The largest absolute Gasteiger partial charge is 0.457 e. The van der Waals surface area contributed by atoms with Crippen LogP contribution in [0.15, 0.2) is 74.0 Å². The highest BCUT2D eigenvalue weighted by molar-refractivity contribution is 5.92. The summed E-state index contributed by atoms with van der Waals surface area (Å²) in [6, 6.07) is 13.9. The third-order valence-electron chi connectivity index (χ3n) is 7.28. The van der Waals surface area contributed by atoms with Crippen molar-refractivity contribution in [2.75, 3.05) is 29.9 Å². The summed E-state index contributed by atoms with van der Waals surface area (Å²) in [4.78, 5) is 34.2. The van der Waals surface area contributed by atoms with Gasteiger partial charge in [-0.3, -0.25) is 4.79 Å². The maximum atomic E-state index is 12.1. The first-order chi connectivity index (χ1) is 19.4. The Labute approximate surface area is 232 Å². The fourth-order valence-electron chi connectivity index (χ4n) is 5.12. The van der Waals surface area contributed by atoms with Gasteiger partial charge in [0.25, 0.3) is 0 Å². The Kier molecular flexibility index (Phi) is 6.51. The van der Waals surface area contributed by atoms with Gasteiger partial charge < -0.3 is 24.4 Å². The maximum Gasteiger partial charge on any atom is 0.246 e. The normalized spacial score (nSPS) is 15.4. The second-order valence-electron chi connectivity index (χ2n) is 10.0. The van der Waals surface area contributed by atoms with E-state index >= 15 is 0 Å². The van der Waals surface area contributed by atoms with E-state index < -0.39 is 0 Å². The molecule has 1 amide bonds. The number of benzene rings is 2.